The molecule has 0 fully saturated rings. The van der Waals surface area contributed by atoms with Crippen molar-refractivity contribution in [3.05, 3.63) is 40.0 Å². The van der Waals surface area contributed by atoms with Crippen LogP contribution in [0.1, 0.15) is 5.69 Å². The summed E-state index contributed by atoms with van der Waals surface area (Å²) in [6, 6.07) is 9.12. The predicted molar refractivity (Wildman–Crippen MR) is 61.1 cm³/mol. The van der Waals surface area contributed by atoms with Crippen molar-refractivity contribution in [3.63, 3.8) is 0 Å². The third-order valence-electron chi connectivity index (χ3n) is 2.04. The van der Waals surface area contributed by atoms with Gasteiger partial charge in [-0.2, -0.15) is 5.26 Å². The normalized spacial score (nSPS) is 10.2. The Kier molecular flexibility index (Phi) is 2.77. The summed E-state index contributed by atoms with van der Waals surface area (Å²) in [5.74, 6) is 0. The van der Waals surface area contributed by atoms with Crippen LogP contribution < -0.4 is 0 Å². The van der Waals surface area contributed by atoms with Crippen LogP contribution in [0.3, 0.4) is 0 Å². The minimum atomic E-state index is 0.292. The lowest BCUT2D eigenvalue weighted by Gasteiger charge is -2.02. The lowest BCUT2D eigenvalue weighted by Crippen LogP contribution is -1.88. The van der Waals surface area contributed by atoms with E-state index in [4.69, 9.17) is 28.5 Å². The van der Waals surface area contributed by atoms with Crippen LogP contribution in [0.15, 0.2) is 24.3 Å². The molecule has 0 bridgehead atoms. The minimum absolute atomic E-state index is 0.292. The van der Waals surface area contributed by atoms with E-state index < -0.39 is 0 Å². The summed E-state index contributed by atoms with van der Waals surface area (Å²) in [5.41, 5.74) is 1.45. The molecule has 74 valence electrons. The van der Waals surface area contributed by atoms with Crippen molar-refractivity contribution < 1.29 is 0 Å². The maximum Gasteiger partial charge on any atom is 0.0774 e. The van der Waals surface area contributed by atoms with Crippen molar-refractivity contribution in [1.29, 1.82) is 5.26 Å². The second kappa shape index (κ2) is 4.06. The van der Waals surface area contributed by atoms with E-state index in [0.717, 1.165) is 16.6 Å². The Morgan fingerprint density at radius 2 is 2.07 bits per heavy atom. The zero-order valence-electron chi connectivity index (χ0n) is 7.67. The first-order chi connectivity index (χ1) is 7.20. The van der Waals surface area contributed by atoms with Crippen molar-refractivity contribution in [1.82, 2.24) is 4.98 Å². The maximum absolute atomic E-state index is 8.56. The Morgan fingerprint density at radius 1 is 1.27 bits per heavy atom. The van der Waals surface area contributed by atoms with E-state index in [9.17, 15) is 0 Å². The molecule has 2 nitrogen and oxygen atoms in total. The highest BCUT2D eigenvalue weighted by molar-refractivity contribution is 6.38. The van der Waals surface area contributed by atoms with Gasteiger partial charge in [0.15, 0.2) is 0 Å². The molecule has 0 atom stereocenters. The van der Waals surface area contributed by atoms with Gasteiger partial charge in [-0.05, 0) is 24.3 Å². The number of hydrogen-bond donors (Lipinski definition) is 0. The molecule has 0 radical (unpaired) electrons. The molecular weight excluding hydrogens is 231 g/mol. The van der Waals surface area contributed by atoms with Gasteiger partial charge in [0.1, 0.15) is 0 Å². The van der Waals surface area contributed by atoms with Gasteiger partial charge in [-0.1, -0.05) is 23.2 Å². The average molecular weight is 237 g/mol. The second-order valence-corrected chi connectivity index (χ2v) is 3.94. The van der Waals surface area contributed by atoms with Crippen molar-refractivity contribution in [2.24, 2.45) is 0 Å². The van der Waals surface area contributed by atoms with E-state index in [0.29, 0.717) is 16.5 Å². The number of rotatable bonds is 1. The van der Waals surface area contributed by atoms with Crippen LogP contribution in [-0.2, 0) is 6.42 Å². The average Bonchev–Trinajstić information content (AvgIpc) is 2.17. The van der Waals surface area contributed by atoms with E-state index in [1.165, 1.54) is 0 Å². The summed E-state index contributed by atoms with van der Waals surface area (Å²) in [5, 5.41) is 10.5. The van der Waals surface area contributed by atoms with Gasteiger partial charge in [0.25, 0.3) is 0 Å². The Labute approximate surface area is 97.1 Å². The van der Waals surface area contributed by atoms with Gasteiger partial charge in [-0.3, -0.25) is 4.98 Å². The van der Waals surface area contributed by atoms with E-state index in [2.05, 4.69) is 4.98 Å². The molecule has 0 aliphatic heterocycles. The molecule has 0 amide bonds. The highest BCUT2D eigenvalue weighted by atomic mass is 35.5. The van der Waals surface area contributed by atoms with Gasteiger partial charge in [0, 0.05) is 10.4 Å². The molecule has 0 N–H and O–H groups in total. The zero-order valence-corrected chi connectivity index (χ0v) is 9.18. The van der Waals surface area contributed by atoms with Gasteiger partial charge >= 0.3 is 0 Å². The number of nitriles is 1. The first-order valence-electron chi connectivity index (χ1n) is 4.32. The Morgan fingerprint density at radius 3 is 2.80 bits per heavy atom. The molecule has 0 saturated heterocycles. The van der Waals surface area contributed by atoms with Crippen molar-refractivity contribution in [2.45, 2.75) is 6.42 Å². The molecule has 0 unspecified atom stereocenters. The van der Waals surface area contributed by atoms with Crippen LogP contribution in [-0.4, -0.2) is 4.98 Å². The molecule has 2 aromatic rings. The van der Waals surface area contributed by atoms with Crippen LogP contribution in [0.4, 0.5) is 0 Å². The van der Waals surface area contributed by atoms with Gasteiger partial charge in [-0.25, -0.2) is 0 Å². The number of fused-ring (bicyclic) bond motifs is 1. The van der Waals surface area contributed by atoms with Crippen molar-refractivity contribution >= 4 is 34.1 Å². The van der Waals surface area contributed by atoms with Crippen LogP contribution in [0.25, 0.3) is 10.9 Å². The lowest BCUT2D eigenvalue weighted by atomic mass is 10.2. The standard InChI is InChI=1S/C11H6Cl2N2/c12-7-5-10(13)9-2-1-8(3-4-14)15-11(9)6-7/h1-2,5-6H,3H2. The number of aromatic nitrogens is 1. The fraction of sp³-hybridized carbons (Fsp3) is 0.0909. The highest BCUT2D eigenvalue weighted by Crippen LogP contribution is 2.26. The van der Waals surface area contributed by atoms with Crippen LogP contribution >= 0.6 is 23.2 Å². The second-order valence-electron chi connectivity index (χ2n) is 3.09. The lowest BCUT2D eigenvalue weighted by molar-refractivity contribution is 1.15. The topological polar surface area (TPSA) is 36.7 Å². The Hall–Kier alpha value is -1.30. The Bertz CT molecular complexity index is 558. The van der Waals surface area contributed by atoms with E-state index in [1.807, 2.05) is 12.1 Å². The van der Waals surface area contributed by atoms with Crippen LogP contribution in [0.5, 0.6) is 0 Å². The third kappa shape index (κ3) is 2.04. The predicted octanol–water partition coefficient (Wildman–Crippen LogP) is 3.61. The zero-order chi connectivity index (χ0) is 10.8. The van der Waals surface area contributed by atoms with Crippen LogP contribution in [0, 0.1) is 11.3 Å². The molecular formula is C11H6Cl2N2. The maximum atomic E-state index is 8.56. The summed E-state index contributed by atoms with van der Waals surface area (Å²) in [6.07, 6.45) is 0.292. The van der Waals surface area contributed by atoms with Crippen molar-refractivity contribution in [2.75, 3.05) is 0 Å². The molecule has 1 heterocycles. The number of benzene rings is 1. The molecule has 4 heteroatoms. The molecule has 2 rings (SSSR count). The van der Waals surface area contributed by atoms with E-state index in [1.54, 1.807) is 18.2 Å². The summed E-state index contributed by atoms with van der Waals surface area (Å²) in [4.78, 5) is 4.30. The van der Waals surface area contributed by atoms with E-state index >= 15 is 0 Å². The molecule has 0 spiro atoms. The Balaban J connectivity index is 2.66. The molecule has 1 aromatic carbocycles. The summed E-state index contributed by atoms with van der Waals surface area (Å²) in [6.45, 7) is 0. The molecule has 0 aliphatic rings. The summed E-state index contributed by atoms with van der Waals surface area (Å²) >= 11 is 11.9. The smallest absolute Gasteiger partial charge is 0.0774 e. The molecule has 1 aromatic heterocycles. The molecule has 0 aliphatic carbocycles. The van der Waals surface area contributed by atoms with Gasteiger partial charge < -0.3 is 0 Å². The van der Waals surface area contributed by atoms with E-state index in [-0.39, 0.29) is 0 Å². The number of hydrogen-bond acceptors (Lipinski definition) is 2. The number of pyridine rings is 1. The molecule has 0 saturated carbocycles. The molecule has 15 heavy (non-hydrogen) atoms. The first kappa shape index (κ1) is 10.2. The summed E-state index contributed by atoms with van der Waals surface area (Å²) < 4.78 is 0. The monoisotopic (exact) mass is 236 g/mol. The first-order valence-corrected chi connectivity index (χ1v) is 5.08. The number of halogens is 2. The summed E-state index contributed by atoms with van der Waals surface area (Å²) in [7, 11) is 0. The fourth-order valence-electron chi connectivity index (χ4n) is 1.38. The quantitative estimate of drug-likeness (QED) is 0.759. The highest BCUT2D eigenvalue weighted by Gasteiger charge is 2.03. The van der Waals surface area contributed by atoms with Gasteiger partial charge in [0.05, 0.1) is 28.7 Å². The van der Waals surface area contributed by atoms with Gasteiger partial charge in [-0.15, -0.1) is 0 Å². The minimum Gasteiger partial charge on any atom is -0.252 e. The van der Waals surface area contributed by atoms with Crippen LogP contribution in [0.2, 0.25) is 10.0 Å². The number of nitrogens with zero attached hydrogens (tertiary/aromatic N) is 2. The third-order valence-corrected chi connectivity index (χ3v) is 2.57. The SMILES string of the molecule is N#CCc1ccc2c(Cl)cc(Cl)cc2n1. The fourth-order valence-corrected chi connectivity index (χ4v) is 1.93. The van der Waals surface area contributed by atoms with Gasteiger partial charge in [0.2, 0.25) is 0 Å². The van der Waals surface area contributed by atoms with Crippen molar-refractivity contribution in [3.8, 4) is 6.07 Å². The largest absolute Gasteiger partial charge is 0.252 e.